The third-order valence-electron chi connectivity index (χ3n) is 6.64. The highest BCUT2D eigenvalue weighted by Gasteiger charge is 2.40. The second-order valence-electron chi connectivity index (χ2n) is 8.98. The van der Waals surface area contributed by atoms with E-state index in [1.165, 1.54) is 11.1 Å². The number of carbonyl (C=O) groups is 1. The monoisotopic (exact) mass is 389 g/mol. The molecule has 5 rings (SSSR count). The number of carbonyl (C=O) groups excluding carboxylic acids is 1. The lowest BCUT2D eigenvalue weighted by Gasteiger charge is -2.31. The first-order chi connectivity index (χ1) is 13.9. The number of rotatable bonds is 2. The van der Waals surface area contributed by atoms with Crippen LogP contribution in [0.3, 0.4) is 0 Å². The van der Waals surface area contributed by atoms with E-state index in [-0.39, 0.29) is 11.9 Å². The van der Waals surface area contributed by atoms with Crippen LogP contribution in [0.2, 0.25) is 0 Å². The number of amides is 1. The Hall–Kier alpha value is -2.66. The van der Waals surface area contributed by atoms with Gasteiger partial charge in [-0.3, -0.25) is 4.79 Å². The molecule has 0 unspecified atom stereocenters. The maximum absolute atomic E-state index is 13.5. The van der Waals surface area contributed by atoms with Crippen LogP contribution in [0.25, 0.3) is 11.0 Å². The van der Waals surface area contributed by atoms with E-state index in [1.807, 2.05) is 38.1 Å². The summed E-state index contributed by atoms with van der Waals surface area (Å²) in [6, 6.07) is 12.3. The number of H-pyrrole nitrogens is 1. The van der Waals surface area contributed by atoms with Gasteiger partial charge in [0.1, 0.15) is 0 Å². The molecule has 150 valence electrons. The highest BCUT2D eigenvalue weighted by Crippen LogP contribution is 2.43. The molecule has 0 radical (unpaired) electrons. The first-order valence-electron chi connectivity index (χ1n) is 10.5. The van der Waals surface area contributed by atoms with E-state index in [0.717, 1.165) is 54.4 Å². The molecule has 3 aromatic rings. The van der Waals surface area contributed by atoms with Crippen molar-refractivity contribution in [3.8, 4) is 0 Å². The van der Waals surface area contributed by atoms with E-state index in [0.29, 0.717) is 5.92 Å². The van der Waals surface area contributed by atoms with Crippen molar-refractivity contribution in [3.63, 3.8) is 0 Å². The van der Waals surface area contributed by atoms with Gasteiger partial charge in [-0.25, -0.2) is 4.98 Å². The van der Waals surface area contributed by atoms with Crippen molar-refractivity contribution < 1.29 is 9.90 Å². The first kappa shape index (κ1) is 18.4. The van der Waals surface area contributed by atoms with Crippen LogP contribution < -0.4 is 0 Å². The fourth-order valence-corrected chi connectivity index (χ4v) is 5.06. The highest BCUT2D eigenvalue weighted by molar-refractivity contribution is 5.97. The number of benzene rings is 2. The lowest BCUT2D eigenvalue weighted by Crippen LogP contribution is -2.42. The number of fused-ring (bicyclic) bond motifs is 4. The van der Waals surface area contributed by atoms with Crippen LogP contribution in [0, 0.1) is 0 Å². The summed E-state index contributed by atoms with van der Waals surface area (Å²) in [5.74, 6) is 0.448. The molecule has 2 aromatic carbocycles. The van der Waals surface area contributed by atoms with Gasteiger partial charge in [-0.2, -0.15) is 0 Å². The van der Waals surface area contributed by atoms with Crippen molar-refractivity contribution in [1.82, 2.24) is 14.9 Å². The molecule has 0 bridgehead atoms. The van der Waals surface area contributed by atoms with Crippen LogP contribution >= 0.6 is 0 Å². The third-order valence-corrected chi connectivity index (χ3v) is 6.64. The van der Waals surface area contributed by atoms with Crippen LogP contribution in [0.5, 0.6) is 0 Å². The van der Waals surface area contributed by atoms with E-state index in [1.54, 1.807) is 6.33 Å². The summed E-state index contributed by atoms with van der Waals surface area (Å²) in [6.07, 6.45) is 5.80. The number of aliphatic hydroxyl groups is 1. The lowest BCUT2D eigenvalue weighted by molar-refractivity contribution is 0.0674. The van der Waals surface area contributed by atoms with Crippen LogP contribution in [0.15, 0.2) is 42.7 Å². The molecule has 1 aliphatic heterocycles. The van der Waals surface area contributed by atoms with Crippen LogP contribution in [0.1, 0.15) is 66.1 Å². The number of aromatic amines is 1. The molecule has 0 saturated carbocycles. The Bertz CT molecular complexity index is 1080. The summed E-state index contributed by atoms with van der Waals surface area (Å²) in [6.45, 7) is 4.46. The minimum Gasteiger partial charge on any atom is -0.386 e. The molecule has 5 nitrogen and oxygen atoms in total. The quantitative estimate of drug-likeness (QED) is 0.693. The van der Waals surface area contributed by atoms with Crippen molar-refractivity contribution >= 4 is 16.9 Å². The molecule has 5 heteroatoms. The lowest BCUT2D eigenvalue weighted by atomic mass is 9.89. The van der Waals surface area contributed by atoms with E-state index < -0.39 is 5.60 Å². The summed E-state index contributed by atoms with van der Waals surface area (Å²) < 4.78 is 0. The summed E-state index contributed by atoms with van der Waals surface area (Å²) in [7, 11) is 0. The maximum atomic E-state index is 13.5. The second-order valence-corrected chi connectivity index (χ2v) is 8.98. The van der Waals surface area contributed by atoms with Gasteiger partial charge in [0, 0.05) is 24.1 Å². The minimum atomic E-state index is -0.854. The summed E-state index contributed by atoms with van der Waals surface area (Å²) in [5.41, 5.74) is 5.22. The van der Waals surface area contributed by atoms with Gasteiger partial charge < -0.3 is 15.0 Å². The number of nitrogens with one attached hydrogen (secondary N) is 1. The van der Waals surface area contributed by atoms with Crippen molar-refractivity contribution in [2.75, 3.05) is 6.54 Å². The molecule has 2 aliphatic rings. The number of imidazole rings is 1. The molecule has 1 fully saturated rings. The molecule has 2 atom stereocenters. The number of hydrogen-bond donors (Lipinski definition) is 2. The molecular formula is C24H27N3O2. The zero-order valence-electron chi connectivity index (χ0n) is 17.0. The van der Waals surface area contributed by atoms with E-state index in [4.69, 9.17) is 0 Å². The van der Waals surface area contributed by atoms with Gasteiger partial charge in [0.25, 0.3) is 5.91 Å². The molecule has 1 saturated heterocycles. The molecular weight excluding hydrogens is 362 g/mol. The largest absolute Gasteiger partial charge is 0.386 e. The number of nitrogens with zero attached hydrogens (tertiary/aromatic N) is 2. The smallest absolute Gasteiger partial charge is 0.254 e. The Labute approximate surface area is 170 Å². The van der Waals surface area contributed by atoms with E-state index in [9.17, 15) is 9.90 Å². The molecule has 2 heterocycles. The normalized spacial score (nSPS) is 21.7. The minimum absolute atomic E-state index is 0.105. The van der Waals surface area contributed by atoms with Gasteiger partial charge in [-0.15, -0.1) is 0 Å². The average Bonchev–Trinajstić information content (AvgIpc) is 3.24. The maximum Gasteiger partial charge on any atom is 0.254 e. The molecule has 29 heavy (non-hydrogen) atoms. The molecule has 2 N–H and O–H groups in total. The van der Waals surface area contributed by atoms with Gasteiger partial charge in [0.15, 0.2) is 0 Å². The Morgan fingerprint density at radius 2 is 2.07 bits per heavy atom. The van der Waals surface area contributed by atoms with Gasteiger partial charge in [0.2, 0.25) is 0 Å². The zero-order chi connectivity index (χ0) is 20.2. The summed E-state index contributed by atoms with van der Waals surface area (Å²) >= 11 is 0. The van der Waals surface area contributed by atoms with Gasteiger partial charge in [0.05, 0.1) is 23.0 Å². The molecule has 1 aliphatic carbocycles. The Kier molecular flexibility index (Phi) is 4.24. The Balaban J connectivity index is 1.49. The van der Waals surface area contributed by atoms with Gasteiger partial charge in [-0.05, 0) is 68.0 Å². The zero-order valence-corrected chi connectivity index (χ0v) is 17.0. The van der Waals surface area contributed by atoms with Crippen molar-refractivity contribution in [2.45, 2.75) is 57.1 Å². The summed E-state index contributed by atoms with van der Waals surface area (Å²) in [5, 5.41) is 10.5. The average molecular weight is 389 g/mol. The fraction of sp³-hybridized carbons (Fsp3) is 0.417. The Morgan fingerprint density at radius 3 is 2.90 bits per heavy atom. The van der Waals surface area contributed by atoms with Crippen molar-refractivity contribution in [2.24, 2.45) is 0 Å². The number of hydrogen-bond acceptors (Lipinski definition) is 3. The fourth-order valence-electron chi connectivity index (χ4n) is 5.06. The summed E-state index contributed by atoms with van der Waals surface area (Å²) in [4.78, 5) is 22.9. The second kappa shape index (κ2) is 6.70. The van der Waals surface area contributed by atoms with Crippen molar-refractivity contribution in [1.29, 1.82) is 0 Å². The van der Waals surface area contributed by atoms with Crippen LogP contribution in [-0.2, 0) is 12.0 Å². The van der Waals surface area contributed by atoms with E-state index >= 15 is 0 Å². The molecule has 0 spiro atoms. The third kappa shape index (κ3) is 3.14. The number of aromatic nitrogens is 2. The van der Waals surface area contributed by atoms with Crippen molar-refractivity contribution in [3.05, 3.63) is 65.0 Å². The van der Waals surface area contributed by atoms with Gasteiger partial charge >= 0.3 is 0 Å². The predicted molar refractivity (Wildman–Crippen MR) is 113 cm³/mol. The standard InChI is InChI=1S/C24H27N3O2/c1-24(2,29)17-8-6-15-12-22-18(19(15)13-17)5-3-4-10-27(22)23(28)16-7-9-20-21(11-16)26-14-25-20/h6-9,11,13-14,18,22,29H,3-5,10,12H2,1-2H3,(H,25,26)/t18-,22+/m1/s1. The molecule has 1 aromatic heterocycles. The topological polar surface area (TPSA) is 69.2 Å². The van der Waals surface area contributed by atoms with Crippen LogP contribution in [0.4, 0.5) is 0 Å². The highest BCUT2D eigenvalue weighted by atomic mass is 16.3. The van der Waals surface area contributed by atoms with Gasteiger partial charge in [-0.1, -0.05) is 24.6 Å². The predicted octanol–water partition coefficient (Wildman–Crippen LogP) is 4.12. The molecule has 1 amide bonds. The number of likely N-dealkylation sites (tertiary alicyclic amines) is 1. The Morgan fingerprint density at radius 1 is 1.21 bits per heavy atom. The van der Waals surface area contributed by atoms with E-state index in [2.05, 4.69) is 27.0 Å². The van der Waals surface area contributed by atoms with Crippen LogP contribution in [-0.4, -0.2) is 38.5 Å². The first-order valence-corrected chi connectivity index (χ1v) is 10.5. The SMILES string of the molecule is CC(C)(O)c1ccc2c(c1)[C@H]1CCCCN(C(=O)c3ccc4nc[nH]c4c3)[C@H]1C2.